The zero-order chi connectivity index (χ0) is 30.7. The normalized spacial score (nSPS) is 11.4. The molecule has 0 fully saturated rings. The van der Waals surface area contributed by atoms with E-state index in [9.17, 15) is 14.7 Å². The van der Waals surface area contributed by atoms with Crippen molar-refractivity contribution in [2.45, 2.75) is 33.3 Å². The van der Waals surface area contributed by atoms with Gasteiger partial charge in [-0.05, 0) is 106 Å². The minimum Gasteiger partial charge on any atom is -0.496 e. The van der Waals surface area contributed by atoms with Gasteiger partial charge in [-0.25, -0.2) is 9.78 Å². The van der Waals surface area contributed by atoms with E-state index in [1.54, 1.807) is 37.6 Å². The molecule has 1 aromatic heterocycles. The Hall–Kier alpha value is -4.76. The molecule has 0 aliphatic heterocycles. The minimum atomic E-state index is -0.988. The lowest BCUT2D eigenvalue weighted by Crippen LogP contribution is -2.20. The van der Waals surface area contributed by atoms with E-state index in [0.717, 1.165) is 33.6 Å². The first kappa shape index (κ1) is 29.7. The van der Waals surface area contributed by atoms with E-state index in [-0.39, 0.29) is 23.6 Å². The molecule has 0 saturated carbocycles. The summed E-state index contributed by atoms with van der Waals surface area (Å²) in [5, 5.41) is 14.3. The van der Waals surface area contributed by atoms with Crippen LogP contribution in [0.3, 0.4) is 0 Å². The number of fused-ring (bicyclic) bond motifs is 1. The average Bonchev–Trinajstić information content (AvgIpc) is 3.00. The summed E-state index contributed by atoms with van der Waals surface area (Å²) in [6, 6.07) is 23.3. The van der Waals surface area contributed by atoms with Crippen molar-refractivity contribution in [1.82, 2.24) is 9.66 Å². The van der Waals surface area contributed by atoms with Crippen molar-refractivity contribution in [3.8, 4) is 22.9 Å². The topological polar surface area (TPSA) is 103 Å². The summed E-state index contributed by atoms with van der Waals surface area (Å²) in [7, 11) is 1.65. The molecule has 8 nitrogen and oxygen atoms in total. The first-order valence-electron chi connectivity index (χ1n) is 13.7. The predicted molar refractivity (Wildman–Crippen MR) is 172 cm³/mol. The molecule has 0 aliphatic rings. The lowest BCUT2D eigenvalue weighted by Gasteiger charge is -2.17. The Kier molecular flexibility index (Phi) is 8.73. The molecule has 5 aromatic rings. The summed E-state index contributed by atoms with van der Waals surface area (Å²) in [6.07, 6.45) is 1.61. The van der Waals surface area contributed by atoms with Crippen molar-refractivity contribution in [2.75, 3.05) is 7.11 Å². The summed E-state index contributed by atoms with van der Waals surface area (Å²) in [4.78, 5) is 29.9. The standard InChI is InChI=1S/C34H30BrN3O5/c1-20(2)26-17-27(21(3)14-31(26)42-4)32-37-29-11-6-5-10-25(29)33(39)38(32)36-18-22-12-13-30(28(35)16-22)43-19-23-8-7-9-24(15-23)34(40)41/h5-18,20H,19H2,1-4H3,(H,40,41). The zero-order valence-electron chi connectivity index (χ0n) is 24.2. The van der Waals surface area contributed by atoms with Gasteiger partial charge in [-0.3, -0.25) is 4.79 Å². The number of aromatic nitrogens is 2. The molecule has 0 aliphatic carbocycles. The summed E-state index contributed by atoms with van der Waals surface area (Å²) in [5.41, 5.74) is 4.70. The van der Waals surface area contributed by atoms with Gasteiger partial charge in [0.15, 0.2) is 5.82 Å². The molecule has 0 unspecified atom stereocenters. The van der Waals surface area contributed by atoms with Crippen LogP contribution in [0.2, 0.25) is 0 Å². The van der Waals surface area contributed by atoms with Crippen molar-refractivity contribution in [3.63, 3.8) is 0 Å². The summed E-state index contributed by atoms with van der Waals surface area (Å²) < 4.78 is 13.6. The number of carboxylic acid groups (broad SMARTS) is 1. The number of ether oxygens (including phenoxy) is 2. The third-order valence-corrected chi connectivity index (χ3v) is 7.66. The number of halogens is 1. The Morgan fingerprint density at radius 2 is 1.84 bits per heavy atom. The van der Waals surface area contributed by atoms with Gasteiger partial charge in [-0.1, -0.05) is 38.1 Å². The lowest BCUT2D eigenvalue weighted by atomic mass is 9.96. The first-order chi connectivity index (χ1) is 20.7. The van der Waals surface area contributed by atoms with Crippen molar-refractivity contribution in [1.29, 1.82) is 0 Å². The molecule has 5 rings (SSSR count). The number of methoxy groups -OCH3 is 1. The van der Waals surface area contributed by atoms with Crippen LogP contribution >= 0.6 is 15.9 Å². The van der Waals surface area contributed by atoms with Crippen LogP contribution in [-0.4, -0.2) is 34.1 Å². The van der Waals surface area contributed by atoms with E-state index in [4.69, 9.17) is 14.5 Å². The smallest absolute Gasteiger partial charge is 0.335 e. The van der Waals surface area contributed by atoms with Crippen molar-refractivity contribution >= 4 is 39.0 Å². The first-order valence-corrected chi connectivity index (χ1v) is 14.4. The van der Waals surface area contributed by atoms with Gasteiger partial charge >= 0.3 is 5.97 Å². The number of aryl methyl sites for hydroxylation is 1. The second-order valence-corrected chi connectivity index (χ2v) is 11.2. The number of carboxylic acids is 1. The lowest BCUT2D eigenvalue weighted by molar-refractivity contribution is 0.0696. The minimum absolute atomic E-state index is 0.192. The Bertz CT molecular complexity index is 1930. The number of para-hydroxylation sites is 1. The fourth-order valence-electron chi connectivity index (χ4n) is 4.77. The SMILES string of the molecule is COc1cc(C)c(-c2nc3ccccc3c(=O)n2N=Cc2ccc(OCc3cccc(C(=O)O)c3)c(Br)c2)cc1C(C)C. The van der Waals surface area contributed by atoms with Gasteiger partial charge in [-0.15, -0.1) is 0 Å². The number of hydrogen-bond donors (Lipinski definition) is 1. The van der Waals surface area contributed by atoms with Crippen LogP contribution in [0.4, 0.5) is 0 Å². The van der Waals surface area contributed by atoms with E-state index in [1.807, 2.05) is 55.5 Å². The maximum Gasteiger partial charge on any atom is 0.335 e. The molecule has 0 radical (unpaired) electrons. The average molecular weight is 641 g/mol. The van der Waals surface area contributed by atoms with Crippen LogP contribution in [-0.2, 0) is 6.61 Å². The number of aromatic carboxylic acids is 1. The van der Waals surface area contributed by atoms with E-state index in [1.165, 1.54) is 10.7 Å². The quantitative estimate of drug-likeness (QED) is 0.168. The van der Waals surface area contributed by atoms with Gasteiger partial charge < -0.3 is 14.6 Å². The van der Waals surface area contributed by atoms with Crippen LogP contribution in [0.5, 0.6) is 11.5 Å². The molecular formula is C34H30BrN3O5. The molecule has 0 atom stereocenters. The Morgan fingerprint density at radius 1 is 1.05 bits per heavy atom. The van der Waals surface area contributed by atoms with Crippen LogP contribution in [0, 0.1) is 6.92 Å². The molecule has 218 valence electrons. The van der Waals surface area contributed by atoms with Gasteiger partial charge in [0.05, 0.1) is 34.3 Å². The molecule has 43 heavy (non-hydrogen) atoms. The molecular weight excluding hydrogens is 610 g/mol. The second-order valence-electron chi connectivity index (χ2n) is 10.4. The second kappa shape index (κ2) is 12.6. The van der Waals surface area contributed by atoms with E-state index in [0.29, 0.717) is 26.9 Å². The molecule has 0 spiro atoms. The summed E-state index contributed by atoms with van der Waals surface area (Å²) in [5.74, 6) is 1.01. The zero-order valence-corrected chi connectivity index (χ0v) is 25.8. The fourth-order valence-corrected chi connectivity index (χ4v) is 5.28. The van der Waals surface area contributed by atoms with Gasteiger partial charge in [0.25, 0.3) is 5.56 Å². The number of rotatable bonds is 9. The molecule has 1 heterocycles. The monoisotopic (exact) mass is 639 g/mol. The fraction of sp³-hybridized carbons (Fsp3) is 0.176. The van der Waals surface area contributed by atoms with Gasteiger partial charge in [0.1, 0.15) is 18.1 Å². The molecule has 1 N–H and O–H groups in total. The van der Waals surface area contributed by atoms with Crippen LogP contribution in [0.1, 0.15) is 52.4 Å². The van der Waals surface area contributed by atoms with E-state index < -0.39 is 5.97 Å². The highest BCUT2D eigenvalue weighted by Gasteiger charge is 2.18. The maximum atomic E-state index is 13.7. The number of carbonyl (C=O) groups is 1. The number of hydrogen-bond acceptors (Lipinski definition) is 6. The third kappa shape index (κ3) is 6.36. The highest BCUT2D eigenvalue weighted by atomic mass is 79.9. The van der Waals surface area contributed by atoms with Crippen LogP contribution in [0.25, 0.3) is 22.3 Å². The number of nitrogens with zero attached hydrogens (tertiary/aromatic N) is 3. The predicted octanol–water partition coefficient (Wildman–Crippen LogP) is 7.43. The molecule has 4 aromatic carbocycles. The third-order valence-electron chi connectivity index (χ3n) is 7.04. The molecule has 0 bridgehead atoms. The summed E-state index contributed by atoms with van der Waals surface area (Å²) in [6.45, 7) is 6.35. The highest BCUT2D eigenvalue weighted by molar-refractivity contribution is 9.10. The van der Waals surface area contributed by atoms with Crippen molar-refractivity contribution in [3.05, 3.63) is 122 Å². The van der Waals surface area contributed by atoms with Gasteiger partial charge in [0.2, 0.25) is 0 Å². The largest absolute Gasteiger partial charge is 0.496 e. The summed E-state index contributed by atoms with van der Waals surface area (Å²) >= 11 is 3.55. The Balaban J connectivity index is 1.51. The highest BCUT2D eigenvalue weighted by Crippen LogP contribution is 2.34. The van der Waals surface area contributed by atoms with E-state index >= 15 is 0 Å². The van der Waals surface area contributed by atoms with Crippen molar-refractivity contribution in [2.24, 2.45) is 5.10 Å². The van der Waals surface area contributed by atoms with E-state index in [2.05, 4.69) is 34.9 Å². The van der Waals surface area contributed by atoms with Gasteiger partial charge in [0, 0.05) is 5.56 Å². The van der Waals surface area contributed by atoms with Crippen molar-refractivity contribution < 1.29 is 19.4 Å². The van der Waals surface area contributed by atoms with Gasteiger partial charge in [-0.2, -0.15) is 9.78 Å². The Labute approximate surface area is 257 Å². The van der Waals surface area contributed by atoms with Crippen LogP contribution < -0.4 is 15.0 Å². The molecule has 9 heteroatoms. The maximum absolute atomic E-state index is 13.7. The van der Waals surface area contributed by atoms with Crippen LogP contribution in [0.15, 0.2) is 93.2 Å². The molecule has 0 saturated heterocycles. The number of benzene rings is 4. The Morgan fingerprint density at radius 3 is 2.56 bits per heavy atom. The molecule has 0 amide bonds.